The molecule has 1 unspecified atom stereocenters. The van der Waals surface area contributed by atoms with Gasteiger partial charge in [-0.25, -0.2) is 0 Å². The normalized spacial score (nSPS) is 12.4. The van der Waals surface area contributed by atoms with Crippen LogP contribution in [0.1, 0.15) is 62.9 Å². The molecule has 1 amide bonds. The number of carbonyl (C=O) groups excluding carboxylic acids is 1. The van der Waals surface area contributed by atoms with Crippen LogP contribution >= 0.6 is 0 Å². The lowest BCUT2D eigenvalue weighted by atomic mass is 9.99. The molecule has 0 aliphatic carbocycles. The van der Waals surface area contributed by atoms with Crippen LogP contribution in [0.5, 0.6) is 0 Å². The minimum atomic E-state index is 0.160. The summed E-state index contributed by atoms with van der Waals surface area (Å²) in [6.45, 7) is 9.31. The summed E-state index contributed by atoms with van der Waals surface area (Å²) in [5, 5.41) is 7.49. The largest absolute Gasteiger partial charge is 0.356 e. The molecule has 0 fully saturated rings. The van der Waals surface area contributed by atoms with Crippen LogP contribution in [0, 0.1) is 19.8 Å². The monoisotopic (exact) mass is 293 g/mol. The fourth-order valence-electron chi connectivity index (χ4n) is 2.71. The Morgan fingerprint density at radius 3 is 2.57 bits per heavy atom. The molecule has 1 aromatic heterocycles. The van der Waals surface area contributed by atoms with Gasteiger partial charge in [-0.3, -0.25) is 9.48 Å². The number of amides is 1. The third-order valence-electron chi connectivity index (χ3n) is 4.39. The van der Waals surface area contributed by atoms with E-state index in [1.807, 2.05) is 18.7 Å². The Kier molecular flexibility index (Phi) is 7.48. The number of aromatic nitrogens is 2. The van der Waals surface area contributed by atoms with Gasteiger partial charge in [0.1, 0.15) is 0 Å². The molecule has 120 valence electrons. The summed E-state index contributed by atoms with van der Waals surface area (Å²) in [6.07, 6.45) is 6.17. The van der Waals surface area contributed by atoms with Gasteiger partial charge in [-0.2, -0.15) is 5.10 Å². The number of nitrogens with one attached hydrogen (secondary N) is 1. The highest BCUT2D eigenvalue weighted by Gasteiger charge is 2.12. The van der Waals surface area contributed by atoms with E-state index in [9.17, 15) is 4.79 Å². The van der Waals surface area contributed by atoms with Crippen LogP contribution in [-0.2, 0) is 18.3 Å². The van der Waals surface area contributed by atoms with Crippen molar-refractivity contribution in [1.29, 1.82) is 0 Å². The summed E-state index contributed by atoms with van der Waals surface area (Å²) in [7, 11) is 1.95. The fourth-order valence-corrected chi connectivity index (χ4v) is 2.71. The van der Waals surface area contributed by atoms with Gasteiger partial charge in [-0.1, -0.05) is 33.1 Å². The molecule has 21 heavy (non-hydrogen) atoms. The highest BCUT2D eigenvalue weighted by molar-refractivity contribution is 5.76. The maximum absolute atomic E-state index is 12.0. The maximum atomic E-state index is 12.0. The van der Waals surface area contributed by atoms with Gasteiger partial charge in [0.25, 0.3) is 0 Å². The van der Waals surface area contributed by atoms with E-state index >= 15 is 0 Å². The molecule has 1 N–H and O–H groups in total. The van der Waals surface area contributed by atoms with E-state index in [-0.39, 0.29) is 5.91 Å². The second-order valence-electron chi connectivity index (χ2n) is 5.99. The van der Waals surface area contributed by atoms with Gasteiger partial charge in [0.2, 0.25) is 5.91 Å². The molecule has 1 heterocycles. The molecule has 0 radical (unpaired) electrons. The zero-order valence-corrected chi connectivity index (χ0v) is 14.3. The van der Waals surface area contributed by atoms with Gasteiger partial charge < -0.3 is 5.32 Å². The number of carbonyl (C=O) groups is 1. The van der Waals surface area contributed by atoms with Gasteiger partial charge in [0.15, 0.2) is 0 Å². The molecular weight excluding hydrogens is 262 g/mol. The van der Waals surface area contributed by atoms with Crippen molar-refractivity contribution in [2.24, 2.45) is 13.0 Å². The number of hydrogen-bond acceptors (Lipinski definition) is 2. The highest BCUT2D eigenvalue weighted by atomic mass is 16.1. The van der Waals surface area contributed by atoms with E-state index in [2.05, 4.69) is 31.2 Å². The molecule has 4 heteroatoms. The van der Waals surface area contributed by atoms with E-state index in [0.717, 1.165) is 30.8 Å². The third-order valence-corrected chi connectivity index (χ3v) is 4.39. The van der Waals surface area contributed by atoms with Crippen molar-refractivity contribution < 1.29 is 4.79 Å². The SMILES string of the molecule is CCCCC(CC)CNC(=O)CCc1c(C)nn(C)c1C. The second kappa shape index (κ2) is 8.85. The molecule has 1 atom stereocenters. The molecule has 1 aromatic rings. The van der Waals surface area contributed by atoms with Crippen molar-refractivity contribution in [3.05, 3.63) is 17.0 Å². The molecule has 0 saturated carbocycles. The van der Waals surface area contributed by atoms with Gasteiger partial charge in [0.05, 0.1) is 5.69 Å². The highest BCUT2D eigenvalue weighted by Crippen LogP contribution is 2.14. The lowest BCUT2D eigenvalue weighted by Crippen LogP contribution is -2.29. The molecule has 4 nitrogen and oxygen atoms in total. The predicted molar refractivity (Wildman–Crippen MR) is 87.3 cm³/mol. The Labute approximate surface area is 129 Å². The molecule has 0 aliphatic rings. The Morgan fingerprint density at radius 2 is 2.05 bits per heavy atom. The van der Waals surface area contributed by atoms with Crippen LogP contribution in [0.25, 0.3) is 0 Å². The number of aryl methyl sites for hydroxylation is 2. The summed E-state index contributed by atoms with van der Waals surface area (Å²) in [4.78, 5) is 12.0. The molecule has 0 aromatic carbocycles. The first kappa shape index (κ1) is 17.7. The van der Waals surface area contributed by atoms with Crippen LogP contribution in [0.2, 0.25) is 0 Å². The Hall–Kier alpha value is -1.32. The quantitative estimate of drug-likeness (QED) is 0.759. The first-order valence-electron chi connectivity index (χ1n) is 8.25. The topological polar surface area (TPSA) is 46.9 Å². The predicted octanol–water partition coefficient (Wildman–Crippen LogP) is 3.30. The average Bonchev–Trinajstić information content (AvgIpc) is 2.70. The maximum Gasteiger partial charge on any atom is 0.220 e. The smallest absolute Gasteiger partial charge is 0.220 e. The van der Waals surface area contributed by atoms with Gasteiger partial charge in [0, 0.05) is 25.7 Å². The van der Waals surface area contributed by atoms with Crippen molar-refractivity contribution >= 4 is 5.91 Å². The number of hydrogen-bond donors (Lipinski definition) is 1. The van der Waals surface area contributed by atoms with E-state index < -0.39 is 0 Å². The fraction of sp³-hybridized carbons (Fsp3) is 0.765. The summed E-state index contributed by atoms with van der Waals surface area (Å²) < 4.78 is 1.89. The van der Waals surface area contributed by atoms with Crippen LogP contribution < -0.4 is 5.32 Å². The van der Waals surface area contributed by atoms with Crippen molar-refractivity contribution in [3.8, 4) is 0 Å². The van der Waals surface area contributed by atoms with Crippen LogP contribution in [0.3, 0.4) is 0 Å². The molecule has 0 spiro atoms. The number of nitrogens with zero attached hydrogens (tertiary/aromatic N) is 2. The van der Waals surface area contributed by atoms with Crippen molar-refractivity contribution in [2.75, 3.05) is 6.54 Å². The first-order chi connectivity index (χ1) is 9.99. The standard InChI is InChI=1S/C17H31N3O/c1-6-8-9-15(7-2)12-18-17(21)11-10-16-13(3)19-20(5)14(16)4/h15H,6-12H2,1-5H3,(H,18,21). The second-order valence-corrected chi connectivity index (χ2v) is 5.99. The molecule has 0 aliphatic heterocycles. The summed E-state index contributed by atoms with van der Waals surface area (Å²) >= 11 is 0. The van der Waals surface area contributed by atoms with Crippen LogP contribution in [0.4, 0.5) is 0 Å². The van der Waals surface area contributed by atoms with Gasteiger partial charge in [-0.15, -0.1) is 0 Å². The summed E-state index contributed by atoms with van der Waals surface area (Å²) in [6, 6.07) is 0. The lowest BCUT2D eigenvalue weighted by molar-refractivity contribution is -0.121. The van der Waals surface area contributed by atoms with E-state index in [4.69, 9.17) is 0 Å². The third kappa shape index (κ3) is 5.52. The molecule has 0 bridgehead atoms. The summed E-state index contributed by atoms with van der Waals surface area (Å²) in [5.41, 5.74) is 3.41. The van der Waals surface area contributed by atoms with Crippen molar-refractivity contribution in [3.63, 3.8) is 0 Å². The molecule has 1 rings (SSSR count). The number of rotatable bonds is 9. The molecular formula is C17H31N3O. The molecule has 0 saturated heterocycles. The van der Waals surface area contributed by atoms with Crippen molar-refractivity contribution in [1.82, 2.24) is 15.1 Å². The van der Waals surface area contributed by atoms with Gasteiger partial charge in [-0.05, 0) is 38.2 Å². The van der Waals surface area contributed by atoms with Crippen LogP contribution in [0.15, 0.2) is 0 Å². The lowest BCUT2D eigenvalue weighted by Gasteiger charge is -2.15. The number of unbranched alkanes of at least 4 members (excludes halogenated alkanes) is 1. The van der Waals surface area contributed by atoms with E-state index in [1.54, 1.807) is 0 Å². The zero-order chi connectivity index (χ0) is 15.8. The Bertz CT molecular complexity index is 451. The Balaban J connectivity index is 2.37. The Morgan fingerprint density at radius 1 is 1.33 bits per heavy atom. The van der Waals surface area contributed by atoms with E-state index in [1.165, 1.54) is 24.8 Å². The van der Waals surface area contributed by atoms with E-state index in [0.29, 0.717) is 12.3 Å². The average molecular weight is 293 g/mol. The summed E-state index contributed by atoms with van der Waals surface area (Å²) in [5.74, 6) is 0.781. The zero-order valence-electron chi connectivity index (χ0n) is 14.3. The minimum Gasteiger partial charge on any atom is -0.356 e. The first-order valence-corrected chi connectivity index (χ1v) is 8.25. The van der Waals surface area contributed by atoms with Crippen molar-refractivity contribution in [2.45, 2.75) is 66.2 Å². The minimum absolute atomic E-state index is 0.160. The van der Waals surface area contributed by atoms with Crippen LogP contribution in [-0.4, -0.2) is 22.2 Å². The van der Waals surface area contributed by atoms with Gasteiger partial charge >= 0.3 is 0 Å².